The standard InChI is InChI=1S/Hf.2O.Y/q+4;2*-2;+3. The summed E-state index contributed by atoms with van der Waals surface area (Å²) in [5.41, 5.74) is 0. The Labute approximate surface area is 68.6 Å². The predicted octanol–water partition coefficient (Wildman–Crippen LogP) is -0.243. The van der Waals surface area contributed by atoms with Gasteiger partial charge in [-0.2, -0.15) is 0 Å². The number of rotatable bonds is 0. The van der Waals surface area contributed by atoms with Crippen LogP contribution in [0.1, 0.15) is 0 Å². The maximum atomic E-state index is 0. The molecule has 0 N–H and O–H groups in total. The summed E-state index contributed by atoms with van der Waals surface area (Å²) in [4.78, 5) is 0. The van der Waals surface area contributed by atoms with Gasteiger partial charge < -0.3 is 11.0 Å². The fraction of sp³-hybridized carbons (Fsp3) is 0. The first kappa shape index (κ1) is 39.4. The zero-order valence-electron chi connectivity index (χ0n) is 1.89. The minimum Gasteiger partial charge on any atom is -2.00 e. The largest absolute Gasteiger partial charge is 4.00 e. The summed E-state index contributed by atoms with van der Waals surface area (Å²) in [6.45, 7) is 0. The zero-order chi connectivity index (χ0) is 0. The van der Waals surface area contributed by atoms with E-state index >= 15 is 0 Å². The van der Waals surface area contributed by atoms with Gasteiger partial charge in [-0.25, -0.2) is 0 Å². The monoisotopic (exact) mass is 301 g/mol. The van der Waals surface area contributed by atoms with E-state index in [4.69, 9.17) is 0 Å². The number of hydrogen-bond acceptors (Lipinski definition) is 0. The average Bonchev–Trinajstić information content (AvgIpc) is 0. The van der Waals surface area contributed by atoms with Gasteiger partial charge in [-0.3, -0.25) is 0 Å². The summed E-state index contributed by atoms with van der Waals surface area (Å²) in [5, 5.41) is 0. The van der Waals surface area contributed by atoms with Crippen LogP contribution in [0.25, 0.3) is 0 Å². The van der Waals surface area contributed by atoms with Gasteiger partial charge in [0.15, 0.2) is 0 Å². The van der Waals surface area contributed by atoms with Gasteiger partial charge in [-0.1, -0.05) is 0 Å². The molecule has 0 bridgehead atoms. The Morgan fingerprint density at radius 1 is 0.750 bits per heavy atom. The summed E-state index contributed by atoms with van der Waals surface area (Å²) in [5.74, 6) is 0. The fourth-order valence-corrected chi connectivity index (χ4v) is 0. The van der Waals surface area contributed by atoms with Crippen LogP contribution in [0.5, 0.6) is 0 Å². The second-order valence-electron chi connectivity index (χ2n) is 0. The van der Waals surface area contributed by atoms with Crippen molar-refractivity contribution in [2.24, 2.45) is 0 Å². The molecule has 0 rings (SSSR count). The number of hydrogen-bond donors (Lipinski definition) is 0. The molecule has 0 aromatic heterocycles. The molecule has 0 saturated carbocycles. The fourth-order valence-electron chi connectivity index (χ4n) is 0. The van der Waals surface area contributed by atoms with Crippen molar-refractivity contribution in [2.45, 2.75) is 0 Å². The molecule has 0 spiro atoms. The first-order chi connectivity index (χ1) is 0. The van der Waals surface area contributed by atoms with Crippen molar-refractivity contribution in [1.82, 2.24) is 0 Å². The molecule has 0 aromatic carbocycles. The molecular formula is HfO2Y+3. The molecule has 0 atom stereocenters. The van der Waals surface area contributed by atoms with Gasteiger partial charge in [-0.05, 0) is 0 Å². The van der Waals surface area contributed by atoms with Crippen LogP contribution in [0.4, 0.5) is 0 Å². The predicted molar refractivity (Wildman–Crippen MR) is 1.37 cm³/mol. The van der Waals surface area contributed by atoms with Crippen LogP contribution >= 0.6 is 0 Å². The molecule has 0 amide bonds. The van der Waals surface area contributed by atoms with E-state index in [1.165, 1.54) is 0 Å². The smallest absolute Gasteiger partial charge is 2.00 e. The van der Waals surface area contributed by atoms with Crippen molar-refractivity contribution in [2.75, 3.05) is 0 Å². The summed E-state index contributed by atoms with van der Waals surface area (Å²) in [7, 11) is 0. The quantitative estimate of drug-likeness (QED) is 0.554. The molecular weight excluding hydrogens is 299 g/mol. The van der Waals surface area contributed by atoms with Crippen molar-refractivity contribution >= 4 is 0 Å². The second-order valence-corrected chi connectivity index (χ2v) is 0. The molecule has 2 nitrogen and oxygen atoms in total. The molecule has 0 radical (unpaired) electrons. The minimum atomic E-state index is 0. The van der Waals surface area contributed by atoms with Crippen LogP contribution in [0, 0.1) is 0 Å². The van der Waals surface area contributed by atoms with Gasteiger partial charge in [0.25, 0.3) is 0 Å². The van der Waals surface area contributed by atoms with E-state index in [-0.39, 0.29) is 69.5 Å². The summed E-state index contributed by atoms with van der Waals surface area (Å²) in [6, 6.07) is 0. The molecule has 0 aliphatic rings. The van der Waals surface area contributed by atoms with Crippen molar-refractivity contribution in [3.05, 3.63) is 0 Å². The van der Waals surface area contributed by atoms with Crippen LogP contribution in [-0.2, 0) is 69.5 Å². The van der Waals surface area contributed by atoms with E-state index in [2.05, 4.69) is 0 Å². The molecule has 16 valence electrons. The Bertz CT molecular complexity index is 6.00. The molecule has 0 aliphatic heterocycles. The van der Waals surface area contributed by atoms with Gasteiger partial charge in [0.05, 0.1) is 0 Å². The van der Waals surface area contributed by atoms with Gasteiger partial charge in [0.1, 0.15) is 0 Å². The first-order valence-electron chi connectivity index (χ1n) is 0. The van der Waals surface area contributed by atoms with Crippen molar-refractivity contribution in [1.29, 1.82) is 0 Å². The van der Waals surface area contributed by atoms with Crippen LogP contribution in [0.2, 0.25) is 0 Å². The van der Waals surface area contributed by atoms with E-state index in [9.17, 15) is 0 Å². The molecule has 4 heteroatoms. The van der Waals surface area contributed by atoms with Gasteiger partial charge in [0, 0.05) is 0 Å². The Hall–Kier alpha value is 1.89. The third-order valence-electron chi connectivity index (χ3n) is 0. The van der Waals surface area contributed by atoms with E-state index in [0.29, 0.717) is 0 Å². The second kappa shape index (κ2) is 20.7. The van der Waals surface area contributed by atoms with Crippen LogP contribution < -0.4 is 0 Å². The van der Waals surface area contributed by atoms with Gasteiger partial charge in [0.2, 0.25) is 0 Å². The third-order valence-corrected chi connectivity index (χ3v) is 0. The zero-order valence-corrected chi connectivity index (χ0v) is 8.32. The van der Waals surface area contributed by atoms with Gasteiger partial charge >= 0.3 is 58.6 Å². The Kier molecular flexibility index (Phi) is 204. The molecule has 0 aliphatic carbocycles. The van der Waals surface area contributed by atoms with E-state index in [1.807, 2.05) is 0 Å². The average molecular weight is 299 g/mol. The Morgan fingerprint density at radius 3 is 0.750 bits per heavy atom. The topological polar surface area (TPSA) is 57.0 Å². The Balaban J connectivity index is 0. The van der Waals surface area contributed by atoms with E-state index < -0.39 is 0 Å². The summed E-state index contributed by atoms with van der Waals surface area (Å²) >= 11 is 0. The van der Waals surface area contributed by atoms with E-state index in [1.54, 1.807) is 0 Å². The Morgan fingerprint density at radius 2 is 0.750 bits per heavy atom. The van der Waals surface area contributed by atoms with Crippen LogP contribution in [0.15, 0.2) is 0 Å². The van der Waals surface area contributed by atoms with Crippen LogP contribution in [-0.4, -0.2) is 0 Å². The van der Waals surface area contributed by atoms with Gasteiger partial charge in [-0.15, -0.1) is 0 Å². The van der Waals surface area contributed by atoms with E-state index in [0.717, 1.165) is 0 Å². The molecule has 0 heterocycles. The molecule has 0 saturated heterocycles. The molecule has 0 unspecified atom stereocenters. The summed E-state index contributed by atoms with van der Waals surface area (Å²) < 4.78 is 0. The van der Waals surface area contributed by atoms with Crippen LogP contribution in [0.3, 0.4) is 0 Å². The maximum Gasteiger partial charge on any atom is 4.00 e. The van der Waals surface area contributed by atoms with Crippen molar-refractivity contribution < 1.29 is 69.5 Å². The maximum absolute atomic E-state index is 0. The van der Waals surface area contributed by atoms with Crippen molar-refractivity contribution in [3.8, 4) is 0 Å². The first-order valence-corrected chi connectivity index (χ1v) is 0. The minimum absolute atomic E-state index is 0. The third kappa shape index (κ3) is 9.09. The molecule has 0 aromatic rings. The molecule has 0 fully saturated rings. The SMILES string of the molecule is [Hf+4].[O-2].[O-2].[Y+3]. The summed E-state index contributed by atoms with van der Waals surface area (Å²) in [6.07, 6.45) is 0. The normalized spacial score (nSPS) is 0. The molecule has 4 heavy (non-hydrogen) atoms. The van der Waals surface area contributed by atoms with Crippen molar-refractivity contribution in [3.63, 3.8) is 0 Å².